The van der Waals surface area contributed by atoms with Gasteiger partial charge in [0.2, 0.25) is 0 Å². The molecule has 0 spiro atoms. The number of aryl methyl sites for hydroxylation is 1. The van der Waals surface area contributed by atoms with Crippen LogP contribution < -0.4 is 5.43 Å². The van der Waals surface area contributed by atoms with E-state index in [9.17, 15) is 4.79 Å². The minimum absolute atomic E-state index is 0.147. The van der Waals surface area contributed by atoms with Crippen LogP contribution in [0.3, 0.4) is 0 Å². The van der Waals surface area contributed by atoms with E-state index >= 15 is 0 Å². The zero-order valence-electron chi connectivity index (χ0n) is 12.1. The number of carbonyl (C=O) groups is 1. The Balaban J connectivity index is 1.93. The number of aromatic nitrogens is 1. The van der Waals surface area contributed by atoms with E-state index in [1.165, 1.54) is 0 Å². The average Bonchev–Trinajstić information content (AvgIpc) is 2.90. The number of benzene rings is 2. The largest absolute Gasteiger partial charge is 0.270 e. The van der Waals surface area contributed by atoms with Crippen LogP contribution in [-0.4, -0.2) is 10.6 Å². The van der Waals surface area contributed by atoms with Crippen molar-refractivity contribution >= 4 is 17.5 Å². The highest BCUT2D eigenvalue weighted by Crippen LogP contribution is 2.25. The first kappa shape index (κ1) is 14.4. The number of amides is 1. The maximum Gasteiger partial charge on any atom is 0.270 e. The highest BCUT2D eigenvalue weighted by atomic mass is 35.5. The summed E-state index contributed by atoms with van der Waals surface area (Å²) >= 11 is 5.94. The lowest BCUT2D eigenvalue weighted by Gasteiger charge is -2.12. The molecule has 0 aliphatic carbocycles. The second-order valence-corrected chi connectivity index (χ2v) is 5.47. The van der Waals surface area contributed by atoms with Crippen LogP contribution in [0.4, 0.5) is 0 Å². The fourth-order valence-electron chi connectivity index (χ4n) is 2.36. The van der Waals surface area contributed by atoms with Gasteiger partial charge in [-0.3, -0.25) is 14.9 Å². The predicted octanol–water partition coefficient (Wildman–Crippen LogP) is 4.50. The lowest BCUT2D eigenvalue weighted by molar-refractivity contribution is 0.101. The minimum atomic E-state index is -0.147. The maximum absolute atomic E-state index is 12.3. The Labute approximate surface area is 134 Å². The molecular formula is C18H15ClN2O. The molecular weight excluding hydrogens is 296 g/mol. The summed E-state index contributed by atoms with van der Waals surface area (Å²) in [6, 6.07) is 18.7. The van der Waals surface area contributed by atoms with Crippen molar-refractivity contribution in [3.8, 4) is 11.3 Å². The molecule has 3 rings (SSSR count). The Morgan fingerprint density at radius 3 is 2.36 bits per heavy atom. The van der Waals surface area contributed by atoms with Gasteiger partial charge in [-0.25, -0.2) is 0 Å². The van der Waals surface area contributed by atoms with E-state index in [1.807, 2.05) is 61.7 Å². The van der Waals surface area contributed by atoms with E-state index in [0.29, 0.717) is 10.6 Å². The summed E-state index contributed by atoms with van der Waals surface area (Å²) in [5.74, 6) is -0.147. The predicted molar refractivity (Wildman–Crippen MR) is 89.7 cm³/mol. The molecule has 22 heavy (non-hydrogen) atoms. The van der Waals surface area contributed by atoms with Crippen molar-refractivity contribution in [1.82, 2.24) is 4.68 Å². The summed E-state index contributed by atoms with van der Waals surface area (Å²) in [6.07, 6.45) is 1.85. The Kier molecular flexibility index (Phi) is 3.98. The number of rotatable bonds is 3. The number of hydrogen-bond donors (Lipinski definition) is 1. The molecule has 2 aromatic carbocycles. The first-order valence-corrected chi connectivity index (χ1v) is 7.33. The number of nitrogens with zero attached hydrogens (tertiary/aromatic N) is 1. The Bertz CT molecular complexity index is 792. The molecule has 0 saturated heterocycles. The summed E-state index contributed by atoms with van der Waals surface area (Å²) in [6.45, 7) is 2.01. The number of hydrogen-bond acceptors (Lipinski definition) is 1. The standard InChI is InChI=1S/C18H15ClN2O/c1-13-11-12-21(17(13)14-7-9-16(19)10-8-14)20-18(22)15-5-3-2-4-6-15/h2-12H,1H3,(H,20,22). The Morgan fingerprint density at radius 2 is 1.68 bits per heavy atom. The molecule has 1 heterocycles. The second kappa shape index (κ2) is 6.08. The number of halogens is 1. The van der Waals surface area contributed by atoms with Crippen LogP contribution in [0.15, 0.2) is 66.9 Å². The van der Waals surface area contributed by atoms with E-state index < -0.39 is 0 Å². The maximum atomic E-state index is 12.3. The fraction of sp³-hybridized carbons (Fsp3) is 0.0556. The van der Waals surface area contributed by atoms with Gasteiger partial charge in [0.25, 0.3) is 5.91 Å². The van der Waals surface area contributed by atoms with Crippen LogP contribution in [0.2, 0.25) is 5.02 Å². The third kappa shape index (κ3) is 2.90. The van der Waals surface area contributed by atoms with Gasteiger partial charge in [0.15, 0.2) is 0 Å². The molecule has 110 valence electrons. The molecule has 3 aromatic rings. The zero-order chi connectivity index (χ0) is 15.5. The van der Waals surface area contributed by atoms with Crippen LogP contribution in [0.25, 0.3) is 11.3 Å². The van der Waals surface area contributed by atoms with Gasteiger partial charge in [0.05, 0.1) is 5.69 Å². The van der Waals surface area contributed by atoms with E-state index in [1.54, 1.807) is 16.8 Å². The van der Waals surface area contributed by atoms with Crippen molar-refractivity contribution in [3.63, 3.8) is 0 Å². The zero-order valence-corrected chi connectivity index (χ0v) is 12.8. The third-order valence-corrected chi connectivity index (χ3v) is 3.72. The lowest BCUT2D eigenvalue weighted by atomic mass is 10.1. The SMILES string of the molecule is Cc1ccn(NC(=O)c2ccccc2)c1-c1ccc(Cl)cc1. The van der Waals surface area contributed by atoms with Gasteiger partial charge >= 0.3 is 0 Å². The molecule has 0 aliphatic heterocycles. The minimum Gasteiger partial charge on any atom is -0.267 e. The molecule has 0 saturated carbocycles. The third-order valence-electron chi connectivity index (χ3n) is 3.46. The van der Waals surface area contributed by atoms with Gasteiger partial charge in [-0.1, -0.05) is 41.9 Å². The summed E-state index contributed by atoms with van der Waals surface area (Å²) in [5, 5.41) is 0.688. The molecule has 1 N–H and O–H groups in total. The Morgan fingerprint density at radius 1 is 1.00 bits per heavy atom. The quantitative estimate of drug-likeness (QED) is 0.759. The van der Waals surface area contributed by atoms with Gasteiger partial charge < -0.3 is 0 Å². The molecule has 1 aromatic heterocycles. The van der Waals surface area contributed by atoms with Crippen molar-refractivity contribution in [1.29, 1.82) is 0 Å². The highest BCUT2D eigenvalue weighted by Gasteiger charge is 2.11. The van der Waals surface area contributed by atoms with Crippen LogP contribution in [0.5, 0.6) is 0 Å². The second-order valence-electron chi connectivity index (χ2n) is 5.03. The van der Waals surface area contributed by atoms with E-state index in [4.69, 9.17) is 11.6 Å². The molecule has 0 unspecified atom stereocenters. The average molecular weight is 311 g/mol. The first-order chi connectivity index (χ1) is 10.6. The molecule has 0 atom stereocenters. The van der Waals surface area contributed by atoms with Crippen LogP contribution in [0, 0.1) is 6.92 Å². The van der Waals surface area contributed by atoms with Crippen molar-refractivity contribution in [3.05, 3.63) is 83.0 Å². The molecule has 0 bridgehead atoms. The summed E-state index contributed by atoms with van der Waals surface area (Å²) in [5.41, 5.74) is 6.55. The highest BCUT2D eigenvalue weighted by molar-refractivity contribution is 6.30. The molecule has 0 aliphatic rings. The van der Waals surface area contributed by atoms with Gasteiger partial charge in [-0.05, 0) is 42.8 Å². The number of carbonyl (C=O) groups excluding carboxylic acids is 1. The summed E-state index contributed by atoms with van der Waals surface area (Å²) in [4.78, 5) is 12.3. The van der Waals surface area contributed by atoms with Gasteiger partial charge in [0, 0.05) is 22.3 Å². The van der Waals surface area contributed by atoms with E-state index in [2.05, 4.69) is 5.43 Å². The van der Waals surface area contributed by atoms with Gasteiger partial charge in [0.1, 0.15) is 0 Å². The lowest BCUT2D eigenvalue weighted by Crippen LogP contribution is -2.22. The van der Waals surface area contributed by atoms with Crippen molar-refractivity contribution in [2.24, 2.45) is 0 Å². The van der Waals surface area contributed by atoms with Crippen LogP contribution in [0.1, 0.15) is 15.9 Å². The van der Waals surface area contributed by atoms with E-state index in [-0.39, 0.29) is 5.91 Å². The molecule has 3 nitrogen and oxygen atoms in total. The van der Waals surface area contributed by atoms with Crippen LogP contribution in [-0.2, 0) is 0 Å². The smallest absolute Gasteiger partial charge is 0.267 e. The summed E-state index contributed by atoms with van der Waals surface area (Å²) in [7, 11) is 0. The van der Waals surface area contributed by atoms with Gasteiger partial charge in [-0.15, -0.1) is 0 Å². The molecule has 1 amide bonds. The topological polar surface area (TPSA) is 34.0 Å². The normalized spacial score (nSPS) is 10.5. The fourth-order valence-corrected chi connectivity index (χ4v) is 2.49. The molecule has 0 fully saturated rings. The van der Waals surface area contributed by atoms with Crippen molar-refractivity contribution < 1.29 is 4.79 Å². The molecule has 0 radical (unpaired) electrons. The van der Waals surface area contributed by atoms with Crippen molar-refractivity contribution in [2.45, 2.75) is 6.92 Å². The summed E-state index contributed by atoms with van der Waals surface area (Å²) < 4.78 is 1.74. The number of nitrogens with one attached hydrogen (secondary N) is 1. The Hall–Kier alpha value is -2.52. The van der Waals surface area contributed by atoms with Gasteiger partial charge in [-0.2, -0.15) is 0 Å². The van der Waals surface area contributed by atoms with Crippen molar-refractivity contribution in [2.75, 3.05) is 5.43 Å². The van der Waals surface area contributed by atoms with Crippen LogP contribution >= 0.6 is 11.6 Å². The first-order valence-electron chi connectivity index (χ1n) is 6.95. The van der Waals surface area contributed by atoms with E-state index in [0.717, 1.165) is 16.8 Å². The molecule has 4 heteroatoms. The monoisotopic (exact) mass is 310 g/mol.